The van der Waals surface area contributed by atoms with E-state index in [1.165, 1.54) is 19.3 Å². The summed E-state index contributed by atoms with van der Waals surface area (Å²) in [6.07, 6.45) is 6.26. The van der Waals surface area contributed by atoms with Crippen LogP contribution in [0.1, 0.15) is 45.4 Å². The van der Waals surface area contributed by atoms with Crippen LogP contribution in [0.5, 0.6) is 0 Å². The summed E-state index contributed by atoms with van der Waals surface area (Å²) in [7, 11) is 1.62. The number of rotatable bonds is 7. The average Bonchev–Trinajstić information content (AvgIpc) is 2.46. The SMILES string of the molecule is CCCCCCCC(=O)N1CCNCC1C(=O)NC. The average molecular weight is 269 g/mol. The number of hydrogen-bond donors (Lipinski definition) is 2. The highest BCUT2D eigenvalue weighted by Gasteiger charge is 2.30. The van der Waals surface area contributed by atoms with Crippen LogP contribution in [0.25, 0.3) is 0 Å². The first kappa shape index (κ1) is 16.0. The van der Waals surface area contributed by atoms with Gasteiger partial charge in [-0.25, -0.2) is 0 Å². The van der Waals surface area contributed by atoms with Crippen LogP contribution in [0.15, 0.2) is 0 Å². The number of piperazine rings is 1. The highest BCUT2D eigenvalue weighted by atomic mass is 16.2. The van der Waals surface area contributed by atoms with E-state index in [1.54, 1.807) is 11.9 Å². The lowest BCUT2D eigenvalue weighted by atomic mass is 10.1. The summed E-state index contributed by atoms with van der Waals surface area (Å²) in [5.41, 5.74) is 0. The maximum atomic E-state index is 12.2. The van der Waals surface area contributed by atoms with E-state index in [0.717, 1.165) is 19.4 Å². The topological polar surface area (TPSA) is 61.4 Å². The van der Waals surface area contributed by atoms with Gasteiger partial charge in [0.25, 0.3) is 0 Å². The molecule has 0 aromatic rings. The Bertz CT molecular complexity index is 294. The van der Waals surface area contributed by atoms with Crippen LogP contribution in [0.4, 0.5) is 0 Å². The molecule has 2 amide bonds. The van der Waals surface area contributed by atoms with E-state index in [2.05, 4.69) is 17.6 Å². The molecule has 1 saturated heterocycles. The molecule has 1 unspecified atom stereocenters. The third-order valence-electron chi connectivity index (χ3n) is 3.61. The van der Waals surface area contributed by atoms with E-state index in [-0.39, 0.29) is 17.9 Å². The van der Waals surface area contributed by atoms with Crippen LogP contribution in [0.3, 0.4) is 0 Å². The largest absolute Gasteiger partial charge is 0.357 e. The molecule has 1 aliphatic heterocycles. The first-order valence-electron chi connectivity index (χ1n) is 7.42. The van der Waals surface area contributed by atoms with Crippen LogP contribution in [0, 0.1) is 0 Å². The van der Waals surface area contributed by atoms with E-state index >= 15 is 0 Å². The Balaban J connectivity index is 2.37. The number of unbranched alkanes of at least 4 members (excludes halogenated alkanes) is 4. The Morgan fingerprint density at radius 2 is 2.00 bits per heavy atom. The van der Waals surface area contributed by atoms with Crippen molar-refractivity contribution in [3.63, 3.8) is 0 Å². The Labute approximate surface area is 116 Å². The fourth-order valence-corrected chi connectivity index (χ4v) is 2.43. The summed E-state index contributed by atoms with van der Waals surface area (Å²) in [5, 5.41) is 5.79. The molecule has 0 aliphatic carbocycles. The first-order chi connectivity index (χ1) is 9.20. The second-order valence-electron chi connectivity index (χ2n) is 5.09. The second-order valence-corrected chi connectivity index (χ2v) is 5.09. The van der Waals surface area contributed by atoms with Gasteiger partial charge in [-0.1, -0.05) is 32.6 Å². The monoisotopic (exact) mass is 269 g/mol. The molecule has 0 radical (unpaired) electrons. The second kappa shape index (κ2) is 8.91. The van der Waals surface area contributed by atoms with Gasteiger partial charge >= 0.3 is 0 Å². The number of carbonyl (C=O) groups is 2. The lowest BCUT2D eigenvalue weighted by Gasteiger charge is -2.35. The predicted molar refractivity (Wildman–Crippen MR) is 75.8 cm³/mol. The molecule has 0 aromatic carbocycles. The van der Waals surface area contributed by atoms with E-state index in [0.29, 0.717) is 19.5 Å². The Morgan fingerprint density at radius 3 is 2.68 bits per heavy atom. The summed E-state index contributed by atoms with van der Waals surface area (Å²) in [6.45, 7) is 4.14. The summed E-state index contributed by atoms with van der Waals surface area (Å²) in [6, 6.07) is -0.345. The van der Waals surface area contributed by atoms with Crippen molar-refractivity contribution in [1.29, 1.82) is 0 Å². The molecule has 5 heteroatoms. The molecule has 1 fully saturated rings. The van der Waals surface area contributed by atoms with Crippen molar-refractivity contribution in [1.82, 2.24) is 15.5 Å². The Hall–Kier alpha value is -1.10. The van der Waals surface area contributed by atoms with Crippen molar-refractivity contribution >= 4 is 11.8 Å². The number of nitrogens with zero attached hydrogens (tertiary/aromatic N) is 1. The molecule has 0 aromatic heterocycles. The molecule has 0 spiro atoms. The van der Waals surface area contributed by atoms with Crippen molar-refractivity contribution in [2.45, 2.75) is 51.5 Å². The molecule has 0 saturated carbocycles. The third kappa shape index (κ3) is 5.19. The highest BCUT2D eigenvalue weighted by molar-refractivity contribution is 5.88. The van der Waals surface area contributed by atoms with Gasteiger partial charge in [0.15, 0.2) is 0 Å². The maximum absolute atomic E-state index is 12.2. The van der Waals surface area contributed by atoms with Gasteiger partial charge < -0.3 is 15.5 Å². The number of amides is 2. The zero-order valence-electron chi connectivity index (χ0n) is 12.2. The predicted octanol–water partition coefficient (Wildman–Crippen LogP) is 0.893. The summed E-state index contributed by atoms with van der Waals surface area (Å²) < 4.78 is 0. The van der Waals surface area contributed by atoms with E-state index in [1.807, 2.05) is 0 Å². The molecule has 0 bridgehead atoms. The van der Waals surface area contributed by atoms with Crippen LogP contribution in [0.2, 0.25) is 0 Å². The molecule has 1 heterocycles. The molecule has 1 aliphatic rings. The number of hydrogen-bond acceptors (Lipinski definition) is 3. The van der Waals surface area contributed by atoms with E-state index < -0.39 is 0 Å². The third-order valence-corrected chi connectivity index (χ3v) is 3.61. The lowest BCUT2D eigenvalue weighted by molar-refractivity contribution is -0.141. The standard InChI is InChI=1S/C14H27N3O2/c1-3-4-5-6-7-8-13(18)17-10-9-16-11-12(17)14(19)15-2/h12,16H,3-11H2,1-2H3,(H,15,19). The van der Waals surface area contributed by atoms with E-state index in [9.17, 15) is 9.59 Å². The minimum Gasteiger partial charge on any atom is -0.357 e. The normalized spacial score (nSPS) is 19.3. The lowest BCUT2D eigenvalue weighted by Crippen LogP contribution is -2.59. The van der Waals surface area contributed by atoms with Crippen molar-refractivity contribution in [2.75, 3.05) is 26.7 Å². The van der Waals surface area contributed by atoms with Gasteiger partial charge in [0.2, 0.25) is 11.8 Å². The molecule has 19 heavy (non-hydrogen) atoms. The van der Waals surface area contributed by atoms with Crippen LogP contribution in [-0.2, 0) is 9.59 Å². The van der Waals surface area contributed by atoms with Gasteiger partial charge in [-0.3, -0.25) is 9.59 Å². The zero-order valence-corrected chi connectivity index (χ0v) is 12.2. The molecule has 5 nitrogen and oxygen atoms in total. The minimum atomic E-state index is -0.345. The highest BCUT2D eigenvalue weighted by Crippen LogP contribution is 2.10. The fourth-order valence-electron chi connectivity index (χ4n) is 2.43. The maximum Gasteiger partial charge on any atom is 0.243 e. The first-order valence-corrected chi connectivity index (χ1v) is 7.42. The summed E-state index contributed by atoms with van der Waals surface area (Å²) in [5.74, 6) is 0.0399. The molecule has 1 atom stereocenters. The van der Waals surface area contributed by atoms with Gasteiger partial charge in [-0.15, -0.1) is 0 Å². The van der Waals surface area contributed by atoms with Crippen LogP contribution >= 0.6 is 0 Å². The van der Waals surface area contributed by atoms with Crippen molar-refractivity contribution in [3.05, 3.63) is 0 Å². The quantitative estimate of drug-likeness (QED) is 0.675. The minimum absolute atomic E-state index is 0.0773. The molecule has 2 N–H and O–H groups in total. The number of likely N-dealkylation sites (N-methyl/N-ethyl adjacent to an activating group) is 1. The van der Waals surface area contributed by atoms with Gasteiger partial charge in [0.1, 0.15) is 6.04 Å². The van der Waals surface area contributed by atoms with Gasteiger partial charge in [-0.05, 0) is 6.42 Å². The molecular formula is C14H27N3O2. The smallest absolute Gasteiger partial charge is 0.243 e. The number of nitrogens with one attached hydrogen (secondary N) is 2. The van der Waals surface area contributed by atoms with Gasteiger partial charge in [0.05, 0.1) is 0 Å². The molecular weight excluding hydrogens is 242 g/mol. The molecule has 1 rings (SSSR count). The molecule has 110 valence electrons. The van der Waals surface area contributed by atoms with Crippen LogP contribution < -0.4 is 10.6 Å². The van der Waals surface area contributed by atoms with Gasteiger partial charge in [-0.2, -0.15) is 0 Å². The van der Waals surface area contributed by atoms with Crippen LogP contribution in [-0.4, -0.2) is 49.4 Å². The Kier molecular flexibility index (Phi) is 7.48. The van der Waals surface area contributed by atoms with Crippen molar-refractivity contribution < 1.29 is 9.59 Å². The summed E-state index contributed by atoms with van der Waals surface area (Å²) in [4.78, 5) is 25.7. The van der Waals surface area contributed by atoms with Gasteiger partial charge in [0, 0.05) is 33.1 Å². The summed E-state index contributed by atoms with van der Waals surface area (Å²) >= 11 is 0. The number of carbonyl (C=O) groups excluding carboxylic acids is 2. The fraction of sp³-hybridized carbons (Fsp3) is 0.857. The van der Waals surface area contributed by atoms with E-state index in [4.69, 9.17) is 0 Å². The van der Waals surface area contributed by atoms with Crippen molar-refractivity contribution in [2.24, 2.45) is 0 Å². The Morgan fingerprint density at radius 1 is 1.26 bits per heavy atom. The zero-order chi connectivity index (χ0) is 14.1. The van der Waals surface area contributed by atoms with Crippen molar-refractivity contribution in [3.8, 4) is 0 Å².